The fourth-order valence-corrected chi connectivity index (χ4v) is 3.74. The number of ether oxygens (including phenoxy) is 1. The molecule has 2 aliphatic rings. The SMILES string of the molecule is N#Cc1cnc(C2CC2)nc1OC[C@H]1CCN(c2ccc(-n3cccn3)cc2)C1. The Balaban J connectivity index is 1.21. The summed E-state index contributed by atoms with van der Waals surface area (Å²) < 4.78 is 7.83. The molecule has 1 aliphatic carbocycles. The fraction of sp³-hybridized carbons (Fsp3) is 0.364. The lowest BCUT2D eigenvalue weighted by molar-refractivity contribution is 0.250. The number of nitrogens with zero attached hydrogens (tertiary/aromatic N) is 6. The van der Waals surface area contributed by atoms with Crippen LogP contribution >= 0.6 is 0 Å². The lowest BCUT2D eigenvalue weighted by atomic mass is 10.1. The highest BCUT2D eigenvalue weighted by atomic mass is 16.5. The van der Waals surface area contributed by atoms with E-state index in [-0.39, 0.29) is 0 Å². The van der Waals surface area contributed by atoms with Gasteiger partial charge in [0.15, 0.2) is 0 Å². The maximum absolute atomic E-state index is 9.31. The van der Waals surface area contributed by atoms with Crippen molar-refractivity contribution in [2.24, 2.45) is 5.92 Å². The summed E-state index contributed by atoms with van der Waals surface area (Å²) in [5.41, 5.74) is 2.68. The average Bonchev–Trinajstić information content (AvgIpc) is 3.26. The Bertz CT molecular complexity index is 1020. The van der Waals surface area contributed by atoms with Crippen molar-refractivity contribution in [3.05, 3.63) is 60.3 Å². The smallest absolute Gasteiger partial charge is 0.235 e. The highest BCUT2D eigenvalue weighted by molar-refractivity contribution is 5.51. The Kier molecular flexibility index (Phi) is 4.60. The van der Waals surface area contributed by atoms with Gasteiger partial charge in [-0.2, -0.15) is 15.3 Å². The van der Waals surface area contributed by atoms with Crippen molar-refractivity contribution in [1.29, 1.82) is 5.26 Å². The molecule has 0 bridgehead atoms. The average molecular weight is 386 g/mol. The van der Waals surface area contributed by atoms with Gasteiger partial charge >= 0.3 is 0 Å². The quantitative estimate of drug-likeness (QED) is 0.647. The molecule has 0 N–H and O–H groups in total. The second-order valence-corrected chi connectivity index (χ2v) is 7.71. The minimum atomic E-state index is 0.409. The van der Waals surface area contributed by atoms with Crippen LogP contribution in [0.15, 0.2) is 48.9 Å². The minimum absolute atomic E-state index is 0.409. The van der Waals surface area contributed by atoms with Crippen LogP contribution in [0.5, 0.6) is 5.88 Å². The van der Waals surface area contributed by atoms with Crippen molar-refractivity contribution in [2.45, 2.75) is 25.2 Å². The third-order valence-electron chi connectivity index (χ3n) is 5.56. The van der Waals surface area contributed by atoms with Gasteiger partial charge in [0, 0.05) is 43.0 Å². The molecule has 5 rings (SSSR count). The number of anilines is 1. The highest BCUT2D eigenvalue weighted by Gasteiger charge is 2.28. The Labute approximate surface area is 169 Å². The van der Waals surface area contributed by atoms with Crippen molar-refractivity contribution < 1.29 is 4.74 Å². The van der Waals surface area contributed by atoms with Gasteiger partial charge in [-0.05, 0) is 49.6 Å². The molecule has 29 heavy (non-hydrogen) atoms. The van der Waals surface area contributed by atoms with Crippen LogP contribution in [0.4, 0.5) is 5.69 Å². The van der Waals surface area contributed by atoms with E-state index in [2.05, 4.69) is 50.3 Å². The molecule has 3 heterocycles. The maximum atomic E-state index is 9.31. The van der Waals surface area contributed by atoms with E-state index >= 15 is 0 Å². The molecule has 2 aromatic heterocycles. The van der Waals surface area contributed by atoms with Crippen LogP contribution in [-0.4, -0.2) is 39.4 Å². The second kappa shape index (κ2) is 7.55. The number of aromatic nitrogens is 4. The van der Waals surface area contributed by atoms with Crippen molar-refractivity contribution in [3.8, 4) is 17.6 Å². The molecule has 2 fully saturated rings. The predicted octanol–water partition coefficient (Wildman–Crippen LogP) is 3.32. The Hall–Kier alpha value is -3.40. The molecular formula is C22H22N6O. The summed E-state index contributed by atoms with van der Waals surface area (Å²) in [5.74, 6) is 2.10. The van der Waals surface area contributed by atoms with Gasteiger partial charge in [0.05, 0.1) is 18.5 Å². The molecule has 0 radical (unpaired) electrons. The Morgan fingerprint density at radius 3 is 2.69 bits per heavy atom. The molecular weight excluding hydrogens is 364 g/mol. The molecule has 7 heteroatoms. The van der Waals surface area contributed by atoms with Crippen molar-refractivity contribution in [2.75, 3.05) is 24.6 Å². The lowest BCUT2D eigenvalue weighted by Gasteiger charge is -2.19. The Morgan fingerprint density at radius 2 is 1.97 bits per heavy atom. The van der Waals surface area contributed by atoms with Gasteiger partial charge in [-0.1, -0.05) is 0 Å². The standard InChI is InChI=1S/C22H22N6O/c23-12-18-13-24-21(17-2-3-17)26-22(18)29-15-16-8-11-27(14-16)19-4-6-20(7-5-19)28-10-1-9-25-28/h1,4-7,9-10,13,16-17H,2-3,8,11,14-15H2/t16-/m0/s1. The Morgan fingerprint density at radius 1 is 1.14 bits per heavy atom. The molecule has 1 saturated carbocycles. The summed E-state index contributed by atoms with van der Waals surface area (Å²) in [4.78, 5) is 11.2. The molecule has 0 spiro atoms. The van der Waals surface area contributed by atoms with E-state index < -0.39 is 0 Å². The van der Waals surface area contributed by atoms with E-state index in [4.69, 9.17) is 4.74 Å². The van der Waals surface area contributed by atoms with E-state index in [0.717, 1.165) is 43.9 Å². The van der Waals surface area contributed by atoms with Crippen molar-refractivity contribution in [3.63, 3.8) is 0 Å². The van der Waals surface area contributed by atoms with Gasteiger partial charge in [0.25, 0.3) is 0 Å². The van der Waals surface area contributed by atoms with Gasteiger partial charge in [-0.15, -0.1) is 0 Å². The monoisotopic (exact) mass is 386 g/mol. The van der Waals surface area contributed by atoms with Gasteiger partial charge in [-0.25, -0.2) is 9.67 Å². The van der Waals surface area contributed by atoms with Crippen LogP contribution < -0.4 is 9.64 Å². The number of nitriles is 1. The third kappa shape index (κ3) is 3.79. The zero-order chi connectivity index (χ0) is 19.6. The van der Waals surface area contributed by atoms with Crippen molar-refractivity contribution >= 4 is 5.69 Å². The normalized spacial score (nSPS) is 18.6. The molecule has 1 saturated heterocycles. The molecule has 146 valence electrons. The largest absolute Gasteiger partial charge is 0.476 e. The second-order valence-electron chi connectivity index (χ2n) is 7.71. The van der Waals surface area contributed by atoms with E-state index in [1.165, 1.54) is 5.69 Å². The summed E-state index contributed by atoms with van der Waals surface area (Å²) >= 11 is 0. The molecule has 3 aromatic rings. The summed E-state index contributed by atoms with van der Waals surface area (Å²) in [6.45, 7) is 2.50. The van der Waals surface area contributed by atoms with E-state index in [1.807, 2.05) is 16.9 Å². The molecule has 1 aromatic carbocycles. The fourth-order valence-electron chi connectivity index (χ4n) is 3.74. The first-order valence-corrected chi connectivity index (χ1v) is 10.0. The van der Waals surface area contributed by atoms with E-state index in [9.17, 15) is 5.26 Å². The summed E-state index contributed by atoms with van der Waals surface area (Å²) in [5, 5.41) is 13.6. The number of hydrogen-bond acceptors (Lipinski definition) is 6. The minimum Gasteiger partial charge on any atom is -0.476 e. The topological polar surface area (TPSA) is 79.9 Å². The van der Waals surface area contributed by atoms with Crippen LogP contribution in [-0.2, 0) is 0 Å². The van der Waals surface area contributed by atoms with Crippen LogP contribution in [0.1, 0.15) is 36.6 Å². The van der Waals surface area contributed by atoms with Crippen LogP contribution in [0.2, 0.25) is 0 Å². The van der Waals surface area contributed by atoms with Crippen LogP contribution in [0.3, 0.4) is 0 Å². The summed E-state index contributed by atoms with van der Waals surface area (Å²) in [6.07, 6.45) is 8.63. The molecule has 1 aliphatic heterocycles. The predicted molar refractivity (Wildman–Crippen MR) is 108 cm³/mol. The lowest BCUT2D eigenvalue weighted by Crippen LogP contribution is -2.22. The van der Waals surface area contributed by atoms with Gasteiger partial charge < -0.3 is 9.64 Å². The van der Waals surface area contributed by atoms with Crippen LogP contribution in [0.25, 0.3) is 5.69 Å². The first-order valence-electron chi connectivity index (χ1n) is 10.0. The molecule has 0 unspecified atom stereocenters. The number of hydrogen-bond donors (Lipinski definition) is 0. The van der Waals surface area contributed by atoms with Crippen LogP contribution in [0, 0.1) is 17.2 Å². The number of rotatable bonds is 6. The van der Waals surface area contributed by atoms with Gasteiger partial charge in [-0.3, -0.25) is 0 Å². The first-order chi connectivity index (χ1) is 14.3. The molecule has 1 atom stereocenters. The number of benzene rings is 1. The highest BCUT2D eigenvalue weighted by Crippen LogP contribution is 2.38. The summed E-state index contributed by atoms with van der Waals surface area (Å²) in [6, 6.07) is 12.5. The zero-order valence-corrected chi connectivity index (χ0v) is 16.1. The zero-order valence-electron chi connectivity index (χ0n) is 16.1. The van der Waals surface area contributed by atoms with E-state index in [0.29, 0.717) is 29.9 Å². The van der Waals surface area contributed by atoms with Crippen molar-refractivity contribution in [1.82, 2.24) is 19.7 Å². The summed E-state index contributed by atoms with van der Waals surface area (Å²) in [7, 11) is 0. The maximum Gasteiger partial charge on any atom is 0.235 e. The van der Waals surface area contributed by atoms with Gasteiger partial charge in [0.2, 0.25) is 5.88 Å². The van der Waals surface area contributed by atoms with E-state index in [1.54, 1.807) is 12.4 Å². The first kappa shape index (κ1) is 17.7. The third-order valence-corrected chi connectivity index (χ3v) is 5.56. The molecule has 0 amide bonds. The van der Waals surface area contributed by atoms with Gasteiger partial charge in [0.1, 0.15) is 17.5 Å². The molecule has 7 nitrogen and oxygen atoms in total.